The molecule has 8 aromatic rings. The third-order valence-electron chi connectivity index (χ3n) is 10.5. The van der Waals surface area contributed by atoms with Crippen LogP contribution in [-0.4, -0.2) is 6.71 Å². The first-order chi connectivity index (χ1) is 24.6. The van der Waals surface area contributed by atoms with Crippen LogP contribution in [0.5, 0.6) is 23.0 Å². The lowest BCUT2D eigenvalue weighted by Crippen LogP contribution is -2.56. The second kappa shape index (κ2) is 10.8. The van der Waals surface area contributed by atoms with Gasteiger partial charge in [-0.25, -0.2) is 0 Å². The molecule has 0 radical (unpaired) electrons. The van der Waals surface area contributed by atoms with Crippen molar-refractivity contribution in [2.24, 2.45) is 0 Å². The van der Waals surface area contributed by atoms with Crippen molar-refractivity contribution in [3.8, 4) is 23.0 Å². The molecule has 0 spiro atoms. The standard InChI is InChI=1S/C45H36BNO3S/c1-25-11-16-29(17-12-25)47(30-18-13-26(2)14-19-30)33-24-37-41(43-39(33)31-9-7-8-10-34(31)49-43)46-40-35(48-37)21-27(3)22-36(40)50-42-32-23-28(45(4,5)6)15-20-38(32)51-44(42)46/h7-24H,1-6H3. The summed E-state index contributed by atoms with van der Waals surface area (Å²) < 4.78 is 23.3. The average molecular weight is 682 g/mol. The Morgan fingerprint density at radius 2 is 1.27 bits per heavy atom. The maximum absolute atomic E-state index is 7.00. The Hall–Kier alpha value is -5.46. The maximum atomic E-state index is 7.00. The molecule has 2 aliphatic rings. The van der Waals surface area contributed by atoms with Crippen LogP contribution in [0.1, 0.15) is 43.0 Å². The van der Waals surface area contributed by atoms with Crippen LogP contribution in [0.4, 0.5) is 17.1 Å². The third kappa shape index (κ3) is 4.59. The number of hydrogen-bond acceptors (Lipinski definition) is 5. The molecule has 0 amide bonds. The summed E-state index contributed by atoms with van der Waals surface area (Å²) in [5.74, 6) is 3.43. The second-order valence-electron chi connectivity index (χ2n) is 15.2. The van der Waals surface area contributed by atoms with E-state index in [1.165, 1.54) is 26.2 Å². The lowest BCUT2D eigenvalue weighted by atomic mass is 9.37. The molecule has 248 valence electrons. The van der Waals surface area contributed by atoms with Gasteiger partial charge in [-0.15, -0.1) is 11.3 Å². The van der Waals surface area contributed by atoms with Gasteiger partial charge in [0, 0.05) is 48.6 Å². The van der Waals surface area contributed by atoms with Crippen molar-refractivity contribution in [3.63, 3.8) is 0 Å². The smallest absolute Gasteiger partial charge is 0.278 e. The number of para-hydroxylation sites is 1. The van der Waals surface area contributed by atoms with Crippen molar-refractivity contribution in [2.75, 3.05) is 4.90 Å². The summed E-state index contributed by atoms with van der Waals surface area (Å²) in [4.78, 5) is 2.34. The highest BCUT2D eigenvalue weighted by Crippen LogP contribution is 2.48. The Bertz CT molecular complexity index is 2670. The minimum absolute atomic E-state index is 0.0161. The fraction of sp³-hybridized carbons (Fsp3) is 0.156. The largest absolute Gasteiger partial charge is 0.458 e. The Morgan fingerprint density at radius 3 is 1.96 bits per heavy atom. The fourth-order valence-corrected chi connectivity index (χ4v) is 9.13. The average Bonchev–Trinajstić information content (AvgIpc) is 3.68. The number of furan rings is 1. The number of benzene rings is 6. The number of anilines is 3. The van der Waals surface area contributed by atoms with E-state index in [4.69, 9.17) is 13.9 Å². The second-order valence-corrected chi connectivity index (χ2v) is 16.3. The van der Waals surface area contributed by atoms with E-state index in [1.807, 2.05) is 17.4 Å². The van der Waals surface area contributed by atoms with E-state index in [1.54, 1.807) is 0 Å². The van der Waals surface area contributed by atoms with Crippen molar-refractivity contribution in [2.45, 2.75) is 47.0 Å². The number of fused-ring (bicyclic) bond motifs is 10. The topological polar surface area (TPSA) is 34.8 Å². The van der Waals surface area contributed by atoms with Crippen molar-refractivity contribution in [1.82, 2.24) is 0 Å². The molecule has 0 fully saturated rings. The monoisotopic (exact) mass is 681 g/mol. The zero-order valence-corrected chi connectivity index (χ0v) is 30.4. The molecular weight excluding hydrogens is 645 g/mol. The predicted octanol–water partition coefficient (Wildman–Crippen LogP) is 11.2. The van der Waals surface area contributed by atoms with Gasteiger partial charge in [0.1, 0.15) is 34.2 Å². The van der Waals surface area contributed by atoms with Crippen LogP contribution >= 0.6 is 11.3 Å². The first kappa shape index (κ1) is 30.4. The molecule has 51 heavy (non-hydrogen) atoms. The van der Waals surface area contributed by atoms with E-state index >= 15 is 0 Å². The zero-order chi connectivity index (χ0) is 34.8. The van der Waals surface area contributed by atoms with E-state index < -0.39 is 0 Å². The number of rotatable bonds is 3. The van der Waals surface area contributed by atoms with Crippen LogP contribution in [0.25, 0.3) is 32.0 Å². The van der Waals surface area contributed by atoms with Gasteiger partial charge >= 0.3 is 0 Å². The van der Waals surface area contributed by atoms with E-state index in [0.717, 1.165) is 83.9 Å². The minimum Gasteiger partial charge on any atom is -0.458 e. The lowest BCUT2D eigenvalue weighted by Gasteiger charge is -2.33. The van der Waals surface area contributed by atoms with Crippen LogP contribution in [0.3, 0.4) is 0 Å². The Balaban J connectivity index is 1.31. The van der Waals surface area contributed by atoms with Crippen molar-refractivity contribution in [3.05, 3.63) is 131 Å². The van der Waals surface area contributed by atoms with E-state index in [9.17, 15) is 0 Å². The summed E-state index contributed by atoms with van der Waals surface area (Å²) in [6.45, 7) is 13.0. The summed E-state index contributed by atoms with van der Waals surface area (Å²) in [5, 5.41) is 3.30. The van der Waals surface area contributed by atoms with Gasteiger partial charge in [0.05, 0.1) is 11.1 Å². The summed E-state index contributed by atoms with van der Waals surface area (Å²) in [6, 6.07) is 39.3. The highest BCUT2D eigenvalue weighted by molar-refractivity contribution is 7.33. The zero-order valence-electron chi connectivity index (χ0n) is 29.5. The molecule has 2 aliphatic heterocycles. The van der Waals surface area contributed by atoms with Crippen molar-refractivity contribution >= 4 is 82.8 Å². The van der Waals surface area contributed by atoms with Gasteiger partial charge in [0.2, 0.25) is 0 Å². The van der Waals surface area contributed by atoms with Crippen molar-refractivity contribution < 1.29 is 13.9 Å². The summed E-state index contributed by atoms with van der Waals surface area (Å²) in [5.41, 5.74) is 11.8. The summed E-state index contributed by atoms with van der Waals surface area (Å²) in [7, 11) is 0. The van der Waals surface area contributed by atoms with Gasteiger partial charge < -0.3 is 18.8 Å². The lowest BCUT2D eigenvalue weighted by molar-refractivity contribution is 0.467. The highest BCUT2D eigenvalue weighted by atomic mass is 32.1. The molecule has 4 heterocycles. The third-order valence-corrected chi connectivity index (χ3v) is 11.7. The van der Waals surface area contributed by atoms with Gasteiger partial charge in [0.15, 0.2) is 0 Å². The van der Waals surface area contributed by atoms with E-state index in [-0.39, 0.29) is 12.1 Å². The Kier molecular flexibility index (Phi) is 6.42. The Labute approximate surface area is 301 Å². The molecule has 6 heteroatoms. The van der Waals surface area contributed by atoms with E-state index in [2.05, 4.69) is 150 Å². The van der Waals surface area contributed by atoms with Crippen LogP contribution < -0.4 is 30.1 Å². The number of ether oxygens (including phenoxy) is 2. The molecular formula is C45H36BNO3S. The van der Waals surface area contributed by atoms with Gasteiger partial charge in [0.25, 0.3) is 6.71 Å². The normalized spacial score (nSPS) is 13.2. The minimum atomic E-state index is -0.122. The van der Waals surface area contributed by atoms with Crippen molar-refractivity contribution in [1.29, 1.82) is 0 Å². The van der Waals surface area contributed by atoms with Gasteiger partial charge in [-0.05, 0) is 91.9 Å². The molecule has 2 aromatic heterocycles. The molecule has 0 saturated heterocycles. The predicted molar refractivity (Wildman–Crippen MR) is 214 cm³/mol. The SMILES string of the molecule is Cc1ccc(N(c2ccc(C)cc2)c2cc3c(c4oc5ccccc5c24)B2c4sc5ccc(C(C)(C)C)cc5c4Oc4cc(C)cc(c42)O3)cc1. The van der Waals surface area contributed by atoms with Crippen LogP contribution in [0.15, 0.2) is 114 Å². The summed E-state index contributed by atoms with van der Waals surface area (Å²) >= 11 is 1.82. The van der Waals surface area contributed by atoms with E-state index in [0.29, 0.717) is 0 Å². The molecule has 6 aromatic carbocycles. The number of aryl methyl sites for hydroxylation is 3. The fourth-order valence-electron chi connectivity index (χ4n) is 7.90. The van der Waals surface area contributed by atoms with Crippen LogP contribution in [-0.2, 0) is 5.41 Å². The quantitative estimate of drug-likeness (QED) is 0.174. The highest BCUT2D eigenvalue weighted by Gasteiger charge is 2.45. The molecule has 0 saturated carbocycles. The van der Waals surface area contributed by atoms with Gasteiger partial charge in [-0.1, -0.05) is 80.4 Å². The van der Waals surface area contributed by atoms with Crippen LogP contribution in [0.2, 0.25) is 0 Å². The molecule has 0 atom stereocenters. The molecule has 0 aliphatic carbocycles. The number of thiophene rings is 1. The molecule has 10 rings (SSSR count). The Morgan fingerprint density at radius 1 is 0.627 bits per heavy atom. The number of hydrogen-bond donors (Lipinski definition) is 0. The molecule has 4 nitrogen and oxygen atoms in total. The van der Waals surface area contributed by atoms with Gasteiger partial charge in [-0.3, -0.25) is 0 Å². The first-order valence-electron chi connectivity index (χ1n) is 17.6. The van der Waals surface area contributed by atoms with Gasteiger partial charge in [-0.2, -0.15) is 0 Å². The van der Waals surface area contributed by atoms with Crippen LogP contribution in [0, 0.1) is 20.8 Å². The first-order valence-corrected chi connectivity index (χ1v) is 18.4. The molecule has 0 N–H and O–H groups in total. The maximum Gasteiger partial charge on any atom is 0.278 e. The molecule has 0 bridgehead atoms. The molecule has 0 unspecified atom stereocenters. The summed E-state index contributed by atoms with van der Waals surface area (Å²) in [6.07, 6.45) is 0. The number of nitrogens with zero attached hydrogens (tertiary/aromatic N) is 1.